The maximum absolute atomic E-state index is 12.7. The predicted octanol–water partition coefficient (Wildman–Crippen LogP) is 4.70. The van der Waals surface area contributed by atoms with Crippen LogP contribution in [-0.2, 0) is 6.42 Å². The predicted molar refractivity (Wildman–Crippen MR) is 101 cm³/mol. The van der Waals surface area contributed by atoms with Gasteiger partial charge < -0.3 is 5.32 Å². The molecule has 0 spiro atoms. The number of aryl methyl sites for hydroxylation is 1. The summed E-state index contributed by atoms with van der Waals surface area (Å²) in [6.45, 7) is 2.12. The van der Waals surface area contributed by atoms with Crippen LogP contribution in [0.5, 0.6) is 0 Å². The minimum Gasteiger partial charge on any atom is -0.340 e. The Morgan fingerprint density at radius 3 is 2.60 bits per heavy atom. The highest BCUT2D eigenvalue weighted by molar-refractivity contribution is 7.10. The first-order valence-corrected chi connectivity index (χ1v) is 9.02. The van der Waals surface area contributed by atoms with Crippen LogP contribution in [0.3, 0.4) is 0 Å². The number of benzene rings is 2. The van der Waals surface area contributed by atoms with Gasteiger partial charge in [0.15, 0.2) is 0 Å². The van der Waals surface area contributed by atoms with E-state index >= 15 is 0 Å². The van der Waals surface area contributed by atoms with E-state index in [-0.39, 0.29) is 11.9 Å². The van der Waals surface area contributed by atoms with Gasteiger partial charge in [0, 0.05) is 10.4 Å². The minimum atomic E-state index is -0.204. The summed E-state index contributed by atoms with van der Waals surface area (Å²) >= 11 is 1.61. The van der Waals surface area contributed by atoms with Crippen LogP contribution in [0.25, 0.3) is 0 Å². The maximum Gasteiger partial charge on any atom is 0.252 e. The molecule has 3 aromatic rings. The molecule has 0 aliphatic carbocycles. The van der Waals surface area contributed by atoms with Gasteiger partial charge in [-0.3, -0.25) is 4.79 Å². The average Bonchev–Trinajstić information content (AvgIpc) is 3.20. The fourth-order valence-electron chi connectivity index (χ4n) is 2.66. The second-order valence-electron chi connectivity index (χ2n) is 5.71. The number of nitriles is 1. The number of amides is 1. The molecule has 3 rings (SSSR count). The van der Waals surface area contributed by atoms with Crippen LogP contribution >= 0.6 is 11.3 Å². The van der Waals surface area contributed by atoms with Gasteiger partial charge in [-0.15, -0.1) is 11.3 Å². The smallest absolute Gasteiger partial charge is 0.252 e. The molecule has 1 atom stereocenters. The fraction of sp³-hybridized carbons (Fsp3) is 0.143. The summed E-state index contributed by atoms with van der Waals surface area (Å²) in [5.41, 5.74) is 3.28. The third-order valence-corrected chi connectivity index (χ3v) is 5.02. The standard InChI is InChI=1S/C21H18N2OS/c1-2-15-8-10-17(11-9-15)20(19-7-4-12-25-19)23-21(24)18-6-3-5-16(13-18)14-22/h3-13,20H,2H2,1H3,(H,23,24)/t20-/m1/s1. The van der Waals surface area contributed by atoms with E-state index in [4.69, 9.17) is 5.26 Å². The number of carbonyl (C=O) groups is 1. The first-order chi connectivity index (χ1) is 12.2. The molecule has 3 nitrogen and oxygen atoms in total. The lowest BCUT2D eigenvalue weighted by Gasteiger charge is -2.18. The number of rotatable bonds is 5. The van der Waals surface area contributed by atoms with Crippen molar-refractivity contribution in [3.8, 4) is 6.07 Å². The lowest BCUT2D eigenvalue weighted by Crippen LogP contribution is -2.28. The molecule has 1 amide bonds. The molecule has 0 saturated carbocycles. The van der Waals surface area contributed by atoms with Crippen molar-refractivity contribution in [3.05, 3.63) is 93.2 Å². The normalized spacial score (nSPS) is 11.5. The van der Waals surface area contributed by atoms with E-state index in [1.54, 1.807) is 35.6 Å². The van der Waals surface area contributed by atoms with Gasteiger partial charge in [-0.1, -0.05) is 43.3 Å². The van der Waals surface area contributed by atoms with Gasteiger partial charge in [0.25, 0.3) is 5.91 Å². The SMILES string of the molecule is CCc1ccc([C@@H](NC(=O)c2cccc(C#N)c2)c2cccs2)cc1. The Morgan fingerprint density at radius 1 is 1.16 bits per heavy atom. The Balaban J connectivity index is 1.90. The van der Waals surface area contributed by atoms with Crippen LogP contribution in [0, 0.1) is 11.3 Å². The number of nitrogens with one attached hydrogen (secondary N) is 1. The summed E-state index contributed by atoms with van der Waals surface area (Å²) in [5.74, 6) is -0.185. The van der Waals surface area contributed by atoms with Gasteiger partial charge in [-0.05, 0) is 47.2 Å². The van der Waals surface area contributed by atoms with Crippen LogP contribution in [0.15, 0.2) is 66.0 Å². The highest BCUT2D eigenvalue weighted by atomic mass is 32.1. The van der Waals surface area contributed by atoms with E-state index in [2.05, 4.69) is 42.6 Å². The summed E-state index contributed by atoms with van der Waals surface area (Å²) in [6, 6.07) is 20.9. The molecule has 4 heteroatoms. The van der Waals surface area contributed by atoms with E-state index in [1.165, 1.54) is 5.56 Å². The monoisotopic (exact) mass is 346 g/mol. The lowest BCUT2D eigenvalue weighted by atomic mass is 10.0. The molecular formula is C21H18N2OS. The number of thiophene rings is 1. The van der Waals surface area contributed by atoms with Gasteiger partial charge in [0.2, 0.25) is 0 Å². The molecular weight excluding hydrogens is 328 g/mol. The summed E-state index contributed by atoms with van der Waals surface area (Å²) in [4.78, 5) is 13.8. The highest BCUT2D eigenvalue weighted by Gasteiger charge is 2.19. The van der Waals surface area contributed by atoms with E-state index in [1.807, 2.05) is 17.5 Å². The van der Waals surface area contributed by atoms with Crippen LogP contribution in [0.1, 0.15) is 44.9 Å². The molecule has 25 heavy (non-hydrogen) atoms. The Kier molecular flexibility index (Phi) is 5.27. The van der Waals surface area contributed by atoms with Gasteiger partial charge in [-0.2, -0.15) is 5.26 Å². The van der Waals surface area contributed by atoms with Gasteiger partial charge in [0.1, 0.15) is 0 Å². The van der Waals surface area contributed by atoms with Crippen molar-refractivity contribution in [1.29, 1.82) is 5.26 Å². The Labute approximate surface area is 151 Å². The largest absolute Gasteiger partial charge is 0.340 e. The number of nitrogens with zero attached hydrogens (tertiary/aromatic N) is 1. The number of carbonyl (C=O) groups excluding carboxylic acids is 1. The Morgan fingerprint density at radius 2 is 1.96 bits per heavy atom. The van der Waals surface area contributed by atoms with E-state index in [9.17, 15) is 4.79 Å². The van der Waals surface area contributed by atoms with Crippen molar-refractivity contribution in [1.82, 2.24) is 5.32 Å². The molecule has 0 aliphatic heterocycles. The van der Waals surface area contributed by atoms with Crippen molar-refractivity contribution in [2.75, 3.05) is 0 Å². The Bertz CT molecular complexity index is 892. The average molecular weight is 346 g/mol. The van der Waals surface area contributed by atoms with Crippen molar-refractivity contribution in [2.24, 2.45) is 0 Å². The molecule has 0 unspecified atom stereocenters. The number of hydrogen-bond donors (Lipinski definition) is 1. The van der Waals surface area contributed by atoms with Crippen LogP contribution < -0.4 is 5.32 Å². The molecule has 0 saturated heterocycles. The maximum atomic E-state index is 12.7. The molecule has 0 aliphatic rings. The molecule has 124 valence electrons. The van der Waals surface area contributed by atoms with Crippen molar-refractivity contribution in [3.63, 3.8) is 0 Å². The van der Waals surface area contributed by atoms with Gasteiger partial charge in [0.05, 0.1) is 17.7 Å². The Hall–Kier alpha value is -2.90. The summed E-state index contributed by atoms with van der Waals surface area (Å²) in [7, 11) is 0. The van der Waals surface area contributed by atoms with Gasteiger partial charge in [-0.25, -0.2) is 0 Å². The second kappa shape index (κ2) is 7.78. The van der Waals surface area contributed by atoms with Crippen LogP contribution in [0.4, 0.5) is 0 Å². The zero-order valence-electron chi connectivity index (χ0n) is 13.9. The van der Waals surface area contributed by atoms with Crippen LogP contribution in [-0.4, -0.2) is 5.91 Å². The van der Waals surface area contributed by atoms with Crippen molar-refractivity contribution < 1.29 is 4.79 Å². The summed E-state index contributed by atoms with van der Waals surface area (Å²) in [5, 5.41) is 14.1. The molecule has 1 N–H and O–H groups in total. The molecule has 2 aromatic carbocycles. The quantitative estimate of drug-likeness (QED) is 0.728. The molecule has 0 fully saturated rings. The van der Waals surface area contributed by atoms with Crippen molar-refractivity contribution >= 4 is 17.2 Å². The number of hydrogen-bond acceptors (Lipinski definition) is 3. The summed E-state index contributed by atoms with van der Waals surface area (Å²) in [6.07, 6.45) is 0.983. The molecule has 0 radical (unpaired) electrons. The van der Waals surface area contributed by atoms with E-state index in [0.29, 0.717) is 11.1 Å². The topological polar surface area (TPSA) is 52.9 Å². The molecule has 1 aromatic heterocycles. The summed E-state index contributed by atoms with van der Waals surface area (Å²) < 4.78 is 0. The lowest BCUT2D eigenvalue weighted by molar-refractivity contribution is 0.0943. The van der Waals surface area contributed by atoms with Crippen molar-refractivity contribution in [2.45, 2.75) is 19.4 Å². The zero-order chi connectivity index (χ0) is 17.6. The third-order valence-electron chi connectivity index (χ3n) is 4.08. The minimum absolute atomic E-state index is 0.185. The molecule has 1 heterocycles. The first-order valence-electron chi connectivity index (χ1n) is 8.14. The van der Waals surface area contributed by atoms with E-state index in [0.717, 1.165) is 16.9 Å². The molecule has 0 bridgehead atoms. The highest BCUT2D eigenvalue weighted by Crippen LogP contribution is 2.27. The first kappa shape index (κ1) is 16.9. The third kappa shape index (κ3) is 3.96. The fourth-order valence-corrected chi connectivity index (χ4v) is 3.47. The van der Waals surface area contributed by atoms with Crippen LogP contribution in [0.2, 0.25) is 0 Å². The second-order valence-corrected chi connectivity index (χ2v) is 6.69. The van der Waals surface area contributed by atoms with Gasteiger partial charge >= 0.3 is 0 Å². The zero-order valence-corrected chi connectivity index (χ0v) is 14.7. The van der Waals surface area contributed by atoms with E-state index < -0.39 is 0 Å².